The highest BCUT2D eigenvalue weighted by Crippen LogP contribution is 2.25. The highest BCUT2D eigenvalue weighted by molar-refractivity contribution is 5.79. The summed E-state index contributed by atoms with van der Waals surface area (Å²) in [6.07, 6.45) is 8.81. The number of H-pyrrole nitrogens is 1. The van der Waals surface area contributed by atoms with E-state index in [-0.39, 0.29) is 5.95 Å². The second-order valence-corrected chi connectivity index (χ2v) is 7.01. The Morgan fingerprint density at radius 3 is 2.75 bits per heavy atom. The molecule has 9 nitrogen and oxygen atoms in total. The molecule has 0 radical (unpaired) electrons. The van der Waals surface area contributed by atoms with Crippen LogP contribution in [0.1, 0.15) is 36.8 Å². The largest absolute Gasteiger partial charge is 0.368 e. The first-order valence-electron chi connectivity index (χ1n) is 9.22. The first-order chi connectivity index (χ1) is 13.5. The number of pyridine rings is 1. The Labute approximate surface area is 162 Å². The lowest BCUT2D eigenvalue weighted by Crippen LogP contribution is -2.06. The topological polar surface area (TPSA) is 123 Å². The monoisotopic (exact) mass is 377 g/mol. The second kappa shape index (κ2) is 7.26. The molecule has 0 unspecified atom stereocenters. The van der Waals surface area contributed by atoms with Crippen LogP contribution in [0.15, 0.2) is 30.9 Å². The lowest BCUT2D eigenvalue weighted by Gasteiger charge is -2.13. The molecule has 4 aromatic heterocycles. The minimum absolute atomic E-state index is 0.221. The second-order valence-electron chi connectivity index (χ2n) is 7.01. The highest BCUT2D eigenvalue weighted by Gasteiger charge is 2.13. The molecule has 28 heavy (non-hydrogen) atoms. The van der Waals surface area contributed by atoms with Crippen LogP contribution in [0.5, 0.6) is 0 Å². The maximum absolute atomic E-state index is 5.82. The summed E-state index contributed by atoms with van der Waals surface area (Å²) in [7, 11) is 0. The van der Waals surface area contributed by atoms with Crippen molar-refractivity contribution in [2.45, 2.75) is 39.7 Å². The third-order valence-electron chi connectivity index (χ3n) is 4.64. The summed E-state index contributed by atoms with van der Waals surface area (Å²) >= 11 is 0. The standard InChI is InChI=1S/C19H23N9/c1-11(2)28-12(3)25-15-10-21-17(6-16(15)28)26-18-14(9-22-19(20)27-18)5-4-13-7-23-24-8-13/h6-11H,4-5H2,1-3H3,(H,23,24)(H3,20,21,22,26,27). The van der Waals surface area contributed by atoms with Gasteiger partial charge >= 0.3 is 0 Å². The van der Waals surface area contributed by atoms with Crippen molar-refractivity contribution in [2.75, 3.05) is 11.1 Å². The van der Waals surface area contributed by atoms with Crippen LogP contribution in [0, 0.1) is 6.92 Å². The van der Waals surface area contributed by atoms with Crippen molar-refractivity contribution < 1.29 is 0 Å². The summed E-state index contributed by atoms with van der Waals surface area (Å²) in [4.78, 5) is 17.6. The van der Waals surface area contributed by atoms with Crippen molar-refractivity contribution in [3.8, 4) is 0 Å². The van der Waals surface area contributed by atoms with Crippen molar-refractivity contribution >= 4 is 28.6 Å². The van der Waals surface area contributed by atoms with Gasteiger partial charge in [0.2, 0.25) is 5.95 Å². The maximum Gasteiger partial charge on any atom is 0.221 e. The Kier molecular flexibility index (Phi) is 4.64. The van der Waals surface area contributed by atoms with Gasteiger partial charge in [0.15, 0.2) is 0 Å². The minimum atomic E-state index is 0.221. The predicted octanol–water partition coefficient (Wildman–Crippen LogP) is 2.94. The maximum atomic E-state index is 5.82. The van der Waals surface area contributed by atoms with Crippen LogP contribution in [0.4, 0.5) is 17.6 Å². The smallest absolute Gasteiger partial charge is 0.221 e. The molecule has 144 valence electrons. The molecule has 0 aliphatic heterocycles. The van der Waals surface area contributed by atoms with E-state index in [1.807, 2.05) is 25.4 Å². The summed E-state index contributed by atoms with van der Waals surface area (Å²) < 4.78 is 2.19. The number of hydrogen-bond donors (Lipinski definition) is 3. The van der Waals surface area contributed by atoms with Crippen LogP contribution in [0.2, 0.25) is 0 Å². The van der Waals surface area contributed by atoms with E-state index in [2.05, 4.69) is 53.9 Å². The fraction of sp³-hybridized carbons (Fsp3) is 0.316. The van der Waals surface area contributed by atoms with Gasteiger partial charge in [-0.15, -0.1) is 0 Å². The molecule has 0 saturated heterocycles. The van der Waals surface area contributed by atoms with Gasteiger partial charge in [0, 0.05) is 30.1 Å². The van der Waals surface area contributed by atoms with Crippen molar-refractivity contribution in [1.29, 1.82) is 0 Å². The van der Waals surface area contributed by atoms with Crippen LogP contribution in [-0.2, 0) is 12.8 Å². The Morgan fingerprint density at radius 2 is 2.00 bits per heavy atom. The number of aromatic amines is 1. The SMILES string of the molecule is Cc1nc2cnc(Nc3nc(N)ncc3CCc3cn[nH]c3)cc2n1C(C)C. The number of hydrogen-bond acceptors (Lipinski definition) is 7. The van der Waals surface area contributed by atoms with E-state index in [0.29, 0.717) is 17.7 Å². The van der Waals surface area contributed by atoms with E-state index >= 15 is 0 Å². The molecular formula is C19H23N9. The number of aromatic nitrogens is 7. The van der Waals surface area contributed by atoms with Gasteiger partial charge in [-0.2, -0.15) is 10.1 Å². The molecule has 0 bridgehead atoms. The Bertz CT molecular complexity index is 1100. The molecule has 4 heterocycles. The fourth-order valence-corrected chi connectivity index (χ4v) is 3.37. The molecule has 0 aliphatic carbocycles. The van der Waals surface area contributed by atoms with Gasteiger partial charge in [-0.3, -0.25) is 5.10 Å². The molecular weight excluding hydrogens is 354 g/mol. The first-order valence-corrected chi connectivity index (χ1v) is 9.22. The lowest BCUT2D eigenvalue weighted by atomic mass is 10.1. The Morgan fingerprint density at radius 1 is 1.14 bits per heavy atom. The van der Waals surface area contributed by atoms with Gasteiger partial charge in [-0.25, -0.2) is 15.0 Å². The number of fused-ring (bicyclic) bond motifs is 1. The number of nitrogen functional groups attached to an aromatic ring is 1. The fourth-order valence-electron chi connectivity index (χ4n) is 3.37. The molecule has 0 aromatic carbocycles. The van der Waals surface area contributed by atoms with Crippen LogP contribution in [0.25, 0.3) is 11.0 Å². The van der Waals surface area contributed by atoms with Gasteiger partial charge in [-0.05, 0) is 39.2 Å². The van der Waals surface area contributed by atoms with E-state index < -0.39 is 0 Å². The lowest BCUT2D eigenvalue weighted by molar-refractivity contribution is 0.600. The number of nitrogens with one attached hydrogen (secondary N) is 2. The number of aryl methyl sites for hydroxylation is 3. The third-order valence-corrected chi connectivity index (χ3v) is 4.64. The normalized spacial score (nSPS) is 11.4. The van der Waals surface area contributed by atoms with Gasteiger partial charge in [-0.1, -0.05) is 0 Å². The summed E-state index contributed by atoms with van der Waals surface area (Å²) in [6, 6.07) is 2.30. The zero-order valence-electron chi connectivity index (χ0n) is 16.1. The molecule has 4 aromatic rings. The molecule has 4 rings (SSSR count). The number of nitrogens with two attached hydrogens (primary N) is 1. The molecule has 0 fully saturated rings. The molecule has 0 aliphatic rings. The molecule has 0 atom stereocenters. The zero-order valence-corrected chi connectivity index (χ0v) is 16.1. The van der Waals surface area contributed by atoms with E-state index in [4.69, 9.17) is 5.73 Å². The van der Waals surface area contributed by atoms with Gasteiger partial charge in [0.1, 0.15) is 23.0 Å². The third kappa shape index (κ3) is 3.51. The minimum Gasteiger partial charge on any atom is -0.368 e. The number of anilines is 3. The van der Waals surface area contributed by atoms with Crippen LogP contribution < -0.4 is 11.1 Å². The van der Waals surface area contributed by atoms with Crippen LogP contribution >= 0.6 is 0 Å². The molecule has 4 N–H and O–H groups in total. The summed E-state index contributed by atoms with van der Waals surface area (Å²) in [5.41, 5.74) is 9.81. The molecule has 0 saturated carbocycles. The van der Waals surface area contributed by atoms with Crippen LogP contribution in [-0.4, -0.2) is 34.7 Å². The van der Waals surface area contributed by atoms with Crippen LogP contribution in [0.3, 0.4) is 0 Å². The quantitative estimate of drug-likeness (QED) is 0.472. The van der Waals surface area contributed by atoms with Crippen molar-refractivity contribution in [1.82, 2.24) is 34.7 Å². The summed E-state index contributed by atoms with van der Waals surface area (Å²) in [6.45, 7) is 6.29. The molecule has 9 heteroatoms. The first kappa shape index (κ1) is 17.9. The summed E-state index contributed by atoms with van der Waals surface area (Å²) in [5, 5.41) is 10.1. The number of rotatable bonds is 6. The number of nitrogens with zero attached hydrogens (tertiary/aromatic N) is 6. The molecule has 0 spiro atoms. The zero-order chi connectivity index (χ0) is 19.7. The van der Waals surface area contributed by atoms with Crippen molar-refractivity contribution in [3.05, 3.63) is 47.8 Å². The number of imidazole rings is 1. The van der Waals surface area contributed by atoms with Gasteiger partial charge < -0.3 is 15.6 Å². The Hall–Kier alpha value is -3.49. The van der Waals surface area contributed by atoms with Crippen molar-refractivity contribution in [3.63, 3.8) is 0 Å². The van der Waals surface area contributed by atoms with Gasteiger partial charge in [0.25, 0.3) is 0 Å². The highest BCUT2D eigenvalue weighted by atomic mass is 15.1. The van der Waals surface area contributed by atoms with E-state index in [0.717, 1.165) is 40.8 Å². The van der Waals surface area contributed by atoms with E-state index in [1.54, 1.807) is 12.4 Å². The molecule has 0 amide bonds. The van der Waals surface area contributed by atoms with Gasteiger partial charge in [0.05, 0.1) is 17.9 Å². The van der Waals surface area contributed by atoms with E-state index in [9.17, 15) is 0 Å². The average molecular weight is 377 g/mol. The average Bonchev–Trinajstić information content (AvgIpc) is 3.27. The van der Waals surface area contributed by atoms with E-state index in [1.165, 1.54) is 0 Å². The Balaban J connectivity index is 1.64. The predicted molar refractivity (Wildman–Crippen MR) is 108 cm³/mol. The summed E-state index contributed by atoms with van der Waals surface area (Å²) in [5.74, 6) is 2.54. The van der Waals surface area contributed by atoms with Crippen molar-refractivity contribution in [2.24, 2.45) is 0 Å².